The van der Waals surface area contributed by atoms with Crippen molar-refractivity contribution in [2.75, 3.05) is 99.9 Å². The number of amides is 6. The Morgan fingerprint density at radius 1 is 0.479 bits per heavy atom. The first-order valence-corrected chi connectivity index (χ1v) is 50.0. The Hall–Kier alpha value is -13.5. The predicted molar refractivity (Wildman–Crippen MR) is 532 cm³/mol. The number of ketones is 6. The summed E-state index contributed by atoms with van der Waals surface area (Å²) in [6.45, 7) is 5.59. The molecule has 9 heterocycles. The highest BCUT2D eigenvalue weighted by Crippen LogP contribution is 2.26. The van der Waals surface area contributed by atoms with Crippen LogP contribution in [-0.4, -0.2) is 294 Å². The van der Waals surface area contributed by atoms with E-state index in [0.29, 0.717) is 114 Å². The molecule has 9 aromatic rings. The van der Waals surface area contributed by atoms with Crippen molar-refractivity contribution in [2.45, 2.75) is 210 Å². The molecule has 0 bridgehead atoms. The van der Waals surface area contributed by atoms with Gasteiger partial charge in [-0.2, -0.15) is 33.0 Å². The lowest BCUT2D eigenvalue weighted by atomic mass is 10.0. The number of pyridine rings is 4. The van der Waals surface area contributed by atoms with E-state index in [1.807, 2.05) is 33.7 Å². The molecule has 1 aliphatic rings. The average Bonchev–Trinajstić information content (AvgIpc) is 0.930. The zero-order chi connectivity index (χ0) is 107. The quantitative estimate of drug-likeness (QED) is 0.0111. The second-order valence-electron chi connectivity index (χ2n) is 35.0. The molecule has 0 spiro atoms. The summed E-state index contributed by atoms with van der Waals surface area (Å²) in [4.78, 5) is 165. The fourth-order valence-corrected chi connectivity index (χ4v) is 14.0. The fraction of sp³-hybridized carbons (Fsp3) is 0.516. The summed E-state index contributed by atoms with van der Waals surface area (Å²) in [6.07, 6.45) is 33.1. The number of carbonyl (C=O) groups is 12. The van der Waals surface area contributed by atoms with Crippen molar-refractivity contribution in [3.63, 3.8) is 0 Å². The highest BCUT2D eigenvalue weighted by molar-refractivity contribution is 8.28. The molecule has 1 fully saturated rings. The number of nitrogens with two attached hydrogens (primary N) is 6. The van der Waals surface area contributed by atoms with Crippen molar-refractivity contribution in [3.05, 3.63) is 169 Å². The smallest absolute Gasteiger partial charge is 0.256 e. The highest BCUT2D eigenvalue weighted by atomic mass is 35.5. The minimum absolute atomic E-state index is 0. The maximum Gasteiger partial charge on any atom is 0.256 e. The van der Waals surface area contributed by atoms with E-state index < -0.39 is 86.6 Å². The monoisotopic (exact) mass is 2090 g/mol. The van der Waals surface area contributed by atoms with Gasteiger partial charge in [-0.25, -0.2) is 29.1 Å². The van der Waals surface area contributed by atoms with Crippen LogP contribution in [0, 0.1) is 23.8 Å². The summed E-state index contributed by atoms with van der Waals surface area (Å²) in [5.74, 6) is -0.354. The van der Waals surface area contributed by atoms with Gasteiger partial charge in [0.05, 0.1) is 92.0 Å². The first kappa shape index (κ1) is 125. The van der Waals surface area contributed by atoms with Gasteiger partial charge in [-0.15, -0.1) is 10.2 Å². The van der Waals surface area contributed by atoms with E-state index in [9.17, 15) is 70.7 Å². The number of methoxy groups -OCH3 is 1. The van der Waals surface area contributed by atoms with Crippen molar-refractivity contribution in [2.24, 2.45) is 40.3 Å². The van der Waals surface area contributed by atoms with Gasteiger partial charge in [0.25, 0.3) is 47.2 Å². The second-order valence-corrected chi connectivity index (χ2v) is 38.5. The van der Waals surface area contributed by atoms with Crippen LogP contribution in [0.25, 0.3) is 0 Å². The molecule has 1 saturated carbocycles. The molecule has 146 heavy (non-hydrogen) atoms. The van der Waals surface area contributed by atoms with Gasteiger partial charge in [0.1, 0.15) is 37.5 Å². The highest BCUT2D eigenvalue weighted by Gasteiger charge is 2.34. The molecule has 802 valence electrons. The molecule has 0 aliphatic heterocycles. The van der Waals surface area contributed by atoms with Crippen LogP contribution in [0.1, 0.15) is 197 Å². The maximum atomic E-state index is 13.6. The number of rotatable bonds is 58. The van der Waals surface area contributed by atoms with Gasteiger partial charge in [0.15, 0.2) is 60.8 Å². The van der Waals surface area contributed by atoms with Crippen LogP contribution in [0.3, 0.4) is 0 Å². The first-order valence-electron chi connectivity index (χ1n) is 47.3. The summed E-state index contributed by atoms with van der Waals surface area (Å²) in [6, 6.07) is 11.5. The van der Waals surface area contributed by atoms with E-state index in [1.54, 1.807) is 31.3 Å². The van der Waals surface area contributed by atoms with Crippen LogP contribution in [0.5, 0.6) is 17.6 Å². The average molecular weight is 2090 g/mol. The van der Waals surface area contributed by atoms with Gasteiger partial charge in [0, 0.05) is 67.4 Å². The zero-order valence-corrected chi connectivity index (χ0v) is 85.2. The van der Waals surface area contributed by atoms with Gasteiger partial charge in [0.2, 0.25) is 29.6 Å². The number of nitrogens with zero attached hydrogens (tertiary/aromatic N) is 15. The topological polar surface area (TPSA) is 674 Å². The lowest BCUT2D eigenvalue weighted by Crippen LogP contribution is -3.00. The third-order valence-electron chi connectivity index (χ3n) is 21.5. The molecule has 0 saturated heterocycles. The number of nitrogens with one attached hydrogen (secondary N) is 6. The summed E-state index contributed by atoms with van der Waals surface area (Å²) < 4.78 is 74.6. The molecule has 46 nitrogen and oxygen atoms in total. The van der Waals surface area contributed by atoms with Crippen molar-refractivity contribution in [3.8, 4) is 17.6 Å². The molecular formula is C95H139ClF3N27O19S. The van der Waals surface area contributed by atoms with Crippen molar-refractivity contribution >= 4 is 96.4 Å². The minimum atomic E-state index is -1.25. The zero-order valence-electron chi connectivity index (χ0n) is 83.6. The van der Waals surface area contributed by atoms with Crippen LogP contribution < -0.4 is 97.4 Å². The molecule has 9 aromatic heterocycles. The van der Waals surface area contributed by atoms with Gasteiger partial charge in [-0.3, -0.25) is 62.0 Å². The molecule has 18 N–H and O–H groups in total. The lowest BCUT2D eigenvalue weighted by molar-refractivity contribution is -0.142. The van der Waals surface area contributed by atoms with Crippen molar-refractivity contribution in [1.82, 2.24) is 107 Å². The van der Waals surface area contributed by atoms with Crippen LogP contribution in [0.4, 0.5) is 19.0 Å². The van der Waals surface area contributed by atoms with Gasteiger partial charge >= 0.3 is 0 Å². The van der Waals surface area contributed by atoms with Gasteiger partial charge < -0.3 is 111 Å². The summed E-state index contributed by atoms with van der Waals surface area (Å²) in [5, 5.41) is 47.4. The van der Waals surface area contributed by atoms with E-state index in [2.05, 4.69) is 112 Å². The summed E-state index contributed by atoms with van der Waals surface area (Å²) in [5.41, 5.74) is 32.4. The Morgan fingerprint density at radius 3 is 1.19 bits per heavy atom. The molecule has 6 amide bonds. The number of tetrazole rings is 1. The summed E-state index contributed by atoms with van der Waals surface area (Å²) >= 11 is 0. The van der Waals surface area contributed by atoms with Gasteiger partial charge in [-0.05, 0) is 257 Å². The number of quaternary nitrogens is 1. The minimum Gasteiger partial charge on any atom is -1.00 e. The number of halogens is 4. The van der Waals surface area contributed by atoms with E-state index >= 15 is 0 Å². The van der Waals surface area contributed by atoms with E-state index in [4.69, 9.17) is 53.3 Å². The Bertz CT molecular complexity index is 5450. The molecule has 10 rings (SSSR count). The molecule has 0 radical (unpaired) electrons. The van der Waals surface area contributed by atoms with E-state index in [-0.39, 0.29) is 138 Å². The standard InChI is InChI=1S/C19H27N5O4.C16H19FN4O4.C16H30N2O2S.C15H19FN6O2.C15H25N3O5.C14H18FN7O2.ClH/c1-24(2,3)17-8-7-14(12-21-17)19(26)22-15(6-4-5-10-20)16(25)13-27-18-9-11-28-23-18;17-14-5-4-11(9-19-14)16(23)20-12(3-1-2-7-18)13(22)10-24-15-6-8-25-21-15;1-21(2,3)12-15(19)14(10-6-7-11-17)18-16(20)13-8-4-5-9-13;16-14-5-4-11(9-18-14)15(24)21-12(3-1-2-6-17)13(23)10-22-19-7-8-20-22;1-15(2,21-3)14(20)17-11(6-4-5-8-16)12(19)10-22-13-7-9-23-18-13;15-13-10(4-3-7-17-13)14(24)20-11(5-1-2-6-16)12(23)8-22-19-9-18-21-22;/h7-9,11-12,15H,4-6,10,13,20H2,1-3H3;4-6,8-9,12H,1-3,7,10,18H2,(H,20,23);12-14H,1,4-11,17H2,2-3H3,(H,18,20);4-5,7-9,12H,1-3,6,10,17H2,(H,21,24);7,9,11H,4-6,8,10,16H2,1-3H3,(H,17,20);3-4,7,9,11H,1-2,5-6,8,16H2,(H,20,24);1H/t15-;12-;14-;12-;2*11-;/m000000./s1. The number of hydrogen-bond acceptors (Lipinski definition) is 37. The van der Waals surface area contributed by atoms with Gasteiger partial charge in [-0.1, -0.05) is 18.7 Å². The Morgan fingerprint density at radius 2 is 0.856 bits per heavy atom. The van der Waals surface area contributed by atoms with Crippen LogP contribution >= 0.6 is 9.21 Å². The Labute approximate surface area is 851 Å². The maximum absolute atomic E-state index is 13.6. The number of unbranched alkanes of at least 4 members (excludes halogenated alkanes) is 6. The number of aromatic nitrogens is 14. The third-order valence-corrected chi connectivity index (χ3v) is 22.4. The largest absolute Gasteiger partial charge is 1.00 e. The number of carbonyl (C=O) groups excluding carboxylic acids is 12. The molecule has 6 atom stereocenters. The van der Waals surface area contributed by atoms with Crippen LogP contribution in [0.2, 0.25) is 0 Å². The first-order chi connectivity index (χ1) is 69.3. The van der Waals surface area contributed by atoms with E-state index in [0.717, 1.165) is 112 Å². The number of ether oxygens (including phenoxy) is 4. The Balaban J connectivity index is 0.000000365. The van der Waals surface area contributed by atoms with E-state index in [1.165, 1.54) is 104 Å². The normalized spacial score (nSPS) is 12.8. The molecule has 0 unspecified atom stereocenters. The molecule has 1 aliphatic carbocycles. The Kier molecular flexibility index (Phi) is 58.8. The molecule has 0 aromatic carbocycles. The second kappa shape index (κ2) is 68.8. The SMILES string of the molecule is C=S(C)(C)=CC(=O)[C@H](CCCCN)NC(=O)C1CCCC1.COC(C)(C)C(=O)N[C@@H](CCCCN)C(=O)COc1ccon1.C[N+](C)(C)c1ccc(C(=O)N[C@@H](CCCCN)C(=O)COc2ccon2)cn1.NCCCC[C@H](NC(=O)c1ccc(F)nc1)C(=O)COc1ccon1.NCCCC[C@H](NC(=O)c1ccc(F)nc1)C(=O)Cn1nccn1.NCCCC[C@H](NC(=O)c1cccnc1F)C(=O)Cn1ncnn1.[Cl-]. The third kappa shape index (κ3) is 49.4. The number of Topliss-reactive ketones (excluding diaryl/α,β-unsaturated/α-hetero) is 6. The lowest BCUT2D eigenvalue weighted by Gasteiger charge is -2.25. The van der Waals surface area contributed by atoms with Crippen LogP contribution in [0.15, 0.2) is 143 Å². The molecule has 51 heteroatoms. The fourth-order valence-electron chi connectivity index (χ4n) is 13.2. The number of hydrogen-bond donors (Lipinski definition) is 12. The van der Waals surface area contributed by atoms with Crippen LogP contribution in [-0.2, 0) is 56.2 Å². The molecular weight excluding hydrogens is 1950 g/mol. The predicted octanol–water partition coefficient (Wildman–Crippen LogP) is 1.56. The van der Waals surface area contributed by atoms with Crippen molar-refractivity contribution < 1.29 is 116 Å². The van der Waals surface area contributed by atoms with Crippen molar-refractivity contribution in [1.29, 1.82) is 0 Å². The summed E-state index contributed by atoms with van der Waals surface area (Å²) in [7, 11) is 6.16.